The number of nitrogens with one attached hydrogen (secondary N) is 1. The highest BCUT2D eigenvalue weighted by Gasteiger charge is 2.31. The maximum absolute atomic E-state index is 11.9. The van der Waals surface area contributed by atoms with Crippen molar-refractivity contribution in [1.82, 2.24) is 0 Å². The van der Waals surface area contributed by atoms with E-state index in [2.05, 4.69) is 5.32 Å². The number of aryl methyl sites for hydroxylation is 1. The second-order valence-corrected chi connectivity index (χ2v) is 4.30. The highest BCUT2D eigenvalue weighted by atomic mass is 16.5. The third-order valence-electron chi connectivity index (χ3n) is 2.93. The molecule has 1 amide bonds. The SMILES string of the molecule is Cc1cc(O)ccc1NC(=O)C1COCC1N. The molecule has 2 atom stereocenters. The normalized spacial score (nSPS) is 23.6. The molecule has 1 fully saturated rings. The third-order valence-corrected chi connectivity index (χ3v) is 2.93. The van der Waals surface area contributed by atoms with Crippen molar-refractivity contribution in [2.24, 2.45) is 11.7 Å². The molecule has 4 N–H and O–H groups in total. The van der Waals surface area contributed by atoms with Gasteiger partial charge < -0.3 is 20.9 Å². The molecule has 0 spiro atoms. The van der Waals surface area contributed by atoms with Gasteiger partial charge in [-0.2, -0.15) is 0 Å². The fraction of sp³-hybridized carbons (Fsp3) is 0.417. The zero-order chi connectivity index (χ0) is 12.4. The van der Waals surface area contributed by atoms with E-state index in [4.69, 9.17) is 10.5 Å². The van der Waals surface area contributed by atoms with Crippen LogP contribution in [0.5, 0.6) is 5.75 Å². The van der Waals surface area contributed by atoms with E-state index in [0.29, 0.717) is 18.9 Å². The van der Waals surface area contributed by atoms with Crippen molar-refractivity contribution in [1.29, 1.82) is 0 Å². The van der Waals surface area contributed by atoms with E-state index < -0.39 is 0 Å². The van der Waals surface area contributed by atoms with E-state index in [-0.39, 0.29) is 23.6 Å². The van der Waals surface area contributed by atoms with Crippen LogP contribution in [0, 0.1) is 12.8 Å². The lowest BCUT2D eigenvalue weighted by molar-refractivity contribution is -0.120. The molecule has 17 heavy (non-hydrogen) atoms. The minimum atomic E-state index is -0.303. The van der Waals surface area contributed by atoms with E-state index in [1.807, 2.05) is 6.92 Å². The molecule has 0 radical (unpaired) electrons. The van der Waals surface area contributed by atoms with E-state index in [1.54, 1.807) is 12.1 Å². The van der Waals surface area contributed by atoms with Crippen molar-refractivity contribution in [3.63, 3.8) is 0 Å². The Morgan fingerprint density at radius 2 is 2.29 bits per heavy atom. The van der Waals surface area contributed by atoms with Crippen LogP contribution in [0.15, 0.2) is 18.2 Å². The number of carbonyl (C=O) groups excluding carboxylic acids is 1. The number of anilines is 1. The first-order chi connectivity index (χ1) is 8.08. The monoisotopic (exact) mass is 236 g/mol. The average Bonchev–Trinajstić information content (AvgIpc) is 2.68. The van der Waals surface area contributed by atoms with Crippen molar-refractivity contribution < 1.29 is 14.6 Å². The van der Waals surface area contributed by atoms with Crippen molar-refractivity contribution in [2.45, 2.75) is 13.0 Å². The average molecular weight is 236 g/mol. The zero-order valence-electron chi connectivity index (χ0n) is 9.64. The van der Waals surface area contributed by atoms with Crippen LogP contribution in [-0.2, 0) is 9.53 Å². The number of carbonyl (C=O) groups is 1. The molecule has 1 aromatic carbocycles. The Morgan fingerprint density at radius 3 is 2.88 bits per heavy atom. The van der Waals surface area contributed by atoms with Gasteiger partial charge >= 0.3 is 0 Å². The highest BCUT2D eigenvalue weighted by molar-refractivity contribution is 5.94. The minimum absolute atomic E-state index is 0.135. The molecule has 1 saturated heterocycles. The Labute approximate surface area is 99.6 Å². The summed E-state index contributed by atoms with van der Waals surface area (Å²) in [6, 6.07) is 4.56. The first-order valence-corrected chi connectivity index (χ1v) is 5.51. The van der Waals surface area contributed by atoms with Crippen molar-refractivity contribution >= 4 is 11.6 Å². The van der Waals surface area contributed by atoms with Crippen LogP contribution < -0.4 is 11.1 Å². The fourth-order valence-corrected chi connectivity index (χ4v) is 1.85. The van der Waals surface area contributed by atoms with Crippen LogP contribution in [0.2, 0.25) is 0 Å². The number of hydrogen-bond donors (Lipinski definition) is 3. The van der Waals surface area contributed by atoms with Crippen molar-refractivity contribution in [3.8, 4) is 5.75 Å². The number of rotatable bonds is 2. The lowest BCUT2D eigenvalue weighted by Gasteiger charge is -2.14. The lowest BCUT2D eigenvalue weighted by Crippen LogP contribution is -2.37. The summed E-state index contributed by atoms with van der Waals surface area (Å²) in [6.07, 6.45) is 0. The van der Waals surface area contributed by atoms with Gasteiger partial charge in [-0.15, -0.1) is 0 Å². The second kappa shape index (κ2) is 4.73. The number of hydrogen-bond acceptors (Lipinski definition) is 4. The number of amides is 1. The molecule has 92 valence electrons. The molecule has 1 aromatic rings. The van der Waals surface area contributed by atoms with Gasteiger partial charge in [0.2, 0.25) is 5.91 Å². The summed E-state index contributed by atoms with van der Waals surface area (Å²) >= 11 is 0. The standard InChI is InChI=1S/C12H16N2O3/c1-7-4-8(15)2-3-11(7)14-12(16)9-5-17-6-10(9)13/h2-4,9-10,15H,5-6,13H2,1H3,(H,14,16). The van der Waals surface area contributed by atoms with Crippen molar-refractivity contribution in [3.05, 3.63) is 23.8 Å². The first kappa shape index (κ1) is 11.9. The molecule has 1 heterocycles. The number of ether oxygens (including phenoxy) is 1. The lowest BCUT2D eigenvalue weighted by atomic mass is 10.0. The Balaban J connectivity index is 2.07. The molecule has 0 aromatic heterocycles. The summed E-state index contributed by atoms with van der Waals surface area (Å²) in [6.45, 7) is 2.61. The molecular formula is C12H16N2O3. The first-order valence-electron chi connectivity index (χ1n) is 5.51. The number of aromatic hydroxyl groups is 1. The Morgan fingerprint density at radius 1 is 1.53 bits per heavy atom. The van der Waals surface area contributed by atoms with Crippen LogP contribution >= 0.6 is 0 Å². The number of nitrogens with two attached hydrogens (primary N) is 1. The molecule has 0 aliphatic carbocycles. The fourth-order valence-electron chi connectivity index (χ4n) is 1.85. The Bertz CT molecular complexity index is 434. The Kier molecular flexibility index (Phi) is 3.31. The van der Waals surface area contributed by atoms with Gasteiger partial charge in [0.05, 0.1) is 19.1 Å². The second-order valence-electron chi connectivity index (χ2n) is 4.30. The number of benzene rings is 1. The van der Waals surface area contributed by atoms with Gasteiger partial charge in [0.25, 0.3) is 0 Å². The van der Waals surface area contributed by atoms with Crippen LogP contribution in [0.3, 0.4) is 0 Å². The van der Waals surface area contributed by atoms with Gasteiger partial charge in [-0.3, -0.25) is 4.79 Å². The van der Waals surface area contributed by atoms with Crippen molar-refractivity contribution in [2.75, 3.05) is 18.5 Å². The topological polar surface area (TPSA) is 84.6 Å². The molecule has 0 saturated carbocycles. The van der Waals surface area contributed by atoms with Crippen LogP contribution in [-0.4, -0.2) is 30.3 Å². The van der Waals surface area contributed by atoms with E-state index in [1.165, 1.54) is 6.07 Å². The van der Waals surface area contributed by atoms with Crippen LogP contribution in [0.25, 0.3) is 0 Å². The molecule has 0 bridgehead atoms. The predicted molar refractivity (Wildman–Crippen MR) is 63.8 cm³/mol. The molecular weight excluding hydrogens is 220 g/mol. The summed E-state index contributed by atoms with van der Waals surface area (Å²) in [4.78, 5) is 11.9. The summed E-state index contributed by atoms with van der Waals surface area (Å²) in [5.41, 5.74) is 7.27. The quantitative estimate of drug-likeness (QED) is 0.657. The summed E-state index contributed by atoms with van der Waals surface area (Å²) in [7, 11) is 0. The predicted octanol–water partition coefficient (Wildman–Crippen LogP) is 0.613. The number of phenols is 1. The third kappa shape index (κ3) is 2.57. The smallest absolute Gasteiger partial charge is 0.231 e. The molecule has 2 rings (SSSR count). The van der Waals surface area contributed by atoms with E-state index >= 15 is 0 Å². The van der Waals surface area contributed by atoms with Gasteiger partial charge in [0.15, 0.2) is 0 Å². The molecule has 1 aliphatic rings. The molecule has 2 unspecified atom stereocenters. The summed E-state index contributed by atoms with van der Waals surface area (Å²) in [5, 5.41) is 12.1. The highest BCUT2D eigenvalue weighted by Crippen LogP contribution is 2.22. The Hall–Kier alpha value is -1.59. The van der Waals surface area contributed by atoms with Gasteiger partial charge in [-0.1, -0.05) is 0 Å². The number of phenolic OH excluding ortho intramolecular Hbond substituents is 1. The van der Waals surface area contributed by atoms with Crippen LogP contribution in [0.4, 0.5) is 5.69 Å². The van der Waals surface area contributed by atoms with Gasteiger partial charge in [0, 0.05) is 11.7 Å². The minimum Gasteiger partial charge on any atom is -0.508 e. The molecule has 1 aliphatic heterocycles. The van der Waals surface area contributed by atoms with E-state index in [0.717, 1.165) is 5.56 Å². The van der Waals surface area contributed by atoms with Crippen LogP contribution in [0.1, 0.15) is 5.56 Å². The largest absolute Gasteiger partial charge is 0.508 e. The summed E-state index contributed by atoms with van der Waals surface area (Å²) < 4.78 is 5.15. The summed E-state index contributed by atoms with van der Waals surface area (Å²) in [5.74, 6) is -0.256. The maximum Gasteiger partial charge on any atom is 0.231 e. The van der Waals surface area contributed by atoms with Gasteiger partial charge in [-0.25, -0.2) is 0 Å². The van der Waals surface area contributed by atoms with E-state index in [9.17, 15) is 9.90 Å². The zero-order valence-corrected chi connectivity index (χ0v) is 9.64. The molecule has 5 nitrogen and oxygen atoms in total. The van der Waals surface area contributed by atoms with Gasteiger partial charge in [0.1, 0.15) is 5.75 Å². The maximum atomic E-state index is 11.9. The molecule has 5 heteroatoms. The van der Waals surface area contributed by atoms with Gasteiger partial charge in [-0.05, 0) is 30.7 Å².